The summed E-state index contributed by atoms with van der Waals surface area (Å²) in [5.41, 5.74) is 0.531. The number of ether oxygens (including phenoxy) is 1. The Morgan fingerprint density at radius 1 is 1.39 bits per heavy atom. The van der Waals surface area contributed by atoms with Crippen LogP contribution in [0.25, 0.3) is 0 Å². The number of carbonyl (C=O) groups is 2. The topological polar surface area (TPSA) is 66.8 Å². The quantitative estimate of drug-likeness (QED) is 0.924. The number of aliphatic carboxylic acids is 1. The Bertz CT molecular complexity index is 600. The smallest absolute Gasteiger partial charge is 0.308 e. The van der Waals surface area contributed by atoms with E-state index in [0.717, 1.165) is 12.8 Å². The van der Waals surface area contributed by atoms with Crippen LogP contribution in [0.4, 0.5) is 4.39 Å². The lowest BCUT2D eigenvalue weighted by molar-refractivity contribution is -0.153. The Labute approximate surface area is 134 Å². The zero-order chi connectivity index (χ0) is 16.4. The SMILES string of the molecule is O=C(O)[C@@H]1CCC(=O)N(C[C@@H]2CCCO2)[C@@H]1c1cccc(F)c1. The number of rotatable bonds is 4. The fourth-order valence-corrected chi connectivity index (χ4v) is 3.54. The van der Waals surface area contributed by atoms with Gasteiger partial charge in [0.2, 0.25) is 5.91 Å². The highest BCUT2D eigenvalue weighted by Gasteiger charge is 2.41. The molecule has 1 amide bonds. The Kier molecular flexibility index (Phi) is 4.61. The lowest BCUT2D eigenvalue weighted by Crippen LogP contribution is -2.48. The molecular formula is C17H20FNO4. The second-order valence-corrected chi connectivity index (χ2v) is 6.16. The van der Waals surface area contributed by atoms with E-state index in [2.05, 4.69) is 0 Å². The Hall–Kier alpha value is -1.95. The third kappa shape index (κ3) is 3.37. The van der Waals surface area contributed by atoms with Crippen molar-refractivity contribution in [1.82, 2.24) is 4.90 Å². The first kappa shape index (κ1) is 15.9. The second-order valence-electron chi connectivity index (χ2n) is 6.16. The Balaban J connectivity index is 1.93. The molecule has 23 heavy (non-hydrogen) atoms. The summed E-state index contributed by atoms with van der Waals surface area (Å²) in [7, 11) is 0. The van der Waals surface area contributed by atoms with E-state index in [0.29, 0.717) is 18.7 Å². The zero-order valence-corrected chi connectivity index (χ0v) is 12.8. The monoisotopic (exact) mass is 321 g/mol. The molecule has 0 saturated carbocycles. The van der Waals surface area contributed by atoms with Gasteiger partial charge in [0, 0.05) is 19.6 Å². The van der Waals surface area contributed by atoms with Gasteiger partial charge >= 0.3 is 5.97 Å². The summed E-state index contributed by atoms with van der Waals surface area (Å²) in [6, 6.07) is 5.22. The molecule has 2 saturated heterocycles. The highest BCUT2D eigenvalue weighted by Crippen LogP contribution is 2.37. The molecule has 0 aromatic heterocycles. The van der Waals surface area contributed by atoms with Crippen LogP contribution in [0.3, 0.4) is 0 Å². The predicted octanol–water partition coefficient (Wildman–Crippen LogP) is 2.37. The van der Waals surface area contributed by atoms with Crippen molar-refractivity contribution in [1.29, 1.82) is 0 Å². The normalized spacial score (nSPS) is 28.1. The van der Waals surface area contributed by atoms with E-state index in [1.807, 2.05) is 0 Å². The third-order valence-corrected chi connectivity index (χ3v) is 4.64. The zero-order valence-electron chi connectivity index (χ0n) is 12.8. The van der Waals surface area contributed by atoms with Crippen LogP contribution in [-0.4, -0.2) is 41.1 Å². The first-order valence-corrected chi connectivity index (χ1v) is 7.95. The molecule has 1 aromatic carbocycles. The van der Waals surface area contributed by atoms with E-state index < -0.39 is 23.7 Å². The van der Waals surface area contributed by atoms with Crippen molar-refractivity contribution in [3.63, 3.8) is 0 Å². The van der Waals surface area contributed by atoms with Gasteiger partial charge in [-0.25, -0.2) is 4.39 Å². The fourth-order valence-electron chi connectivity index (χ4n) is 3.54. The van der Waals surface area contributed by atoms with Gasteiger partial charge in [0.15, 0.2) is 0 Å². The molecule has 2 heterocycles. The molecule has 2 aliphatic heterocycles. The average Bonchev–Trinajstić information content (AvgIpc) is 3.02. The maximum atomic E-state index is 13.6. The van der Waals surface area contributed by atoms with Gasteiger partial charge in [-0.05, 0) is 37.0 Å². The third-order valence-electron chi connectivity index (χ3n) is 4.64. The second kappa shape index (κ2) is 6.66. The highest BCUT2D eigenvalue weighted by molar-refractivity contribution is 5.81. The summed E-state index contributed by atoms with van der Waals surface area (Å²) in [5, 5.41) is 9.54. The van der Waals surface area contributed by atoms with E-state index >= 15 is 0 Å². The Morgan fingerprint density at radius 3 is 2.87 bits per heavy atom. The number of hydrogen-bond donors (Lipinski definition) is 1. The standard InChI is InChI=1S/C17H20FNO4/c18-12-4-1-3-11(9-12)16-14(17(21)22)6-7-15(20)19(16)10-13-5-2-8-23-13/h1,3-4,9,13-14,16H,2,5-8,10H2,(H,21,22)/t13-,14+,16+/m0/s1. The van der Waals surface area contributed by atoms with Gasteiger partial charge in [-0.2, -0.15) is 0 Å². The molecule has 6 heteroatoms. The molecular weight excluding hydrogens is 301 g/mol. The number of carboxylic acid groups (broad SMARTS) is 1. The van der Waals surface area contributed by atoms with Crippen molar-refractivity contribution >= 4 is 11.9 Å². The van der Waals surface area contributed by atoms with Crippen molar-refractivity contribution in [3.8, 4) is 0 Å². The Morgan fingerprint density at radius 2 is 2.22 bits per heavy atom. The number of halogens is 1. The molecule has 1 N–H and O–H groups in total. The fraction of sp³-hybridized carbons (Fsp3) is 0.529. The lowest BCUT2D eigenvalue weighted by atomic mass is 9.84. The van der Waals surface area contributed by atoms with Gasteiger partial charge < -0.3 is 14.7 Å². The minimum Gasteiger partial charge on any atom is -0.481 e. The van der Waals surface area contributed by atoms with Gasteiger partial charge in [-0.1, -0.05) is 12.1 Å². The minimum atomic E-state index is -0.955. The van der Waals surface area contributed by atoms with Gasteiger partial charge in [0.25, 0.3) is 0 Å². The number of carbonyl (C=O) groups excluding carboxylic acids is 1. The summed E-state index contributed by atoms with van der Waals surface area (Å²) in [6.07, 6.45) is 2.21. The molecule has 3 atom stereocenters. The molecule has 3 rings (SSSR count). The van der Waals surface area contributed by atoms with Crippen molar-refractivity contribution in [3.05, 3.63) is 35.6 Å². The van der Waals surface area contributed by atoms with Crippen molar-refractivity contribution in [2.75, 3.05) is 13.2 Å². The van der Waals surface area contributed by atoms with Crippen LogP contribution in [0.1, 0.15) is 37.3 Å². The first-order valence-electron chi connectivity index (χ1n) is 7.95. The molecule has 2 fully saturated rings. The van der Waals surface area contributed by atoms with E-state index in [1.165, 1.54) is 12.1 Å². The van der Waals surface area contributed by atoms with E-state index in [1.54, 1.807) is 17.0 Å². The molecule has 1 aromatic rings. The van der Waals surface area contributed by atoms with E-state index in [9.17, 15) is 19.1 Å². The summed E-state index contributed by atoms with van der Waals surface area (Å²) in [5.74, 6) is -2.20. The molecule has 0 aliphatic carbocycles. The number of carboxylic acids is 1. The molecule has 0 radical (unpaired) electrons. The molecule has 2 aliphatic rings. The van der Waals surface area contributed by atoms with Gasteiger partial charge in [-0.15, -0.1) is 0 Å². The van der Waals surface area contributed by atoms with E-state index in [-0.39, 0.29) is 24.9 Å². The maximum absolute atomic E-state index is 13.6. The van der Waals surface area contributed by atoms with Gasteiger partial charge in [0.1, 0.15) is 5.82 Å². The first-order chi connectivity index (χ1) is 11.1. The van der Waals surface area contributed by atoms with E-state index in [4.69, 9.17) is 4.74 Å². The van der Waals surface area contributed by atoms with Crippen LogP contribution >= 0.6 is 0 Å². The van der Waals surface area contributed by atoms with Crippen molar-refractivity contribution < 1.29 is 23.8 Å². The number of nitrogens with zero attached hydrogens (tertiary/aromatic N) is 1. The van der Waals surface area contributed by atoms with Crippen LogP contribution in [0, 0.1) is 11.7 Å². The van der Waals surface area contributed by atoms with Gasteiger partial charge in [0.05, 0.1) is 18.1 Å². The molecule has 0 spiro atoms. The average molecular weight is 321 g/mol. The van der Waals surface area contributed by atoms with Crippen LogP contribution in [0.2, 0.25) is 0 Å². The van der Waals surface area contributed by atoms with Gasteiger partial charge in [-0.3, -0.25) is 9.59 Å². The van der Waals surface area contributed by atoms with Crippen LogP contribution in [0.15, 0.2) is 24.3 Å². The van der Waals surface area contributed by atoms with Crippen LogP contribution < -0.4 is 0 Å². The molecule has 0 unspecified atom stereocenters. The summed E-state index contributed by atoms with van der Waals surface area (Å²) in [4.78, 5) is 25.6. The number of likely N-dealkylation sites (tertiary alicyclic amines) is 1. The van der Waals surface area contributed by atoms with Crippen molar-refractivity contribution in [2.45, 2.75) is 37.8 Å². The number of piperidine rings is 1. The maximum Gasteiger partial charge on any atom is 0.308 e. The van der Waals surface area contributed by atoms with Crippen molar-refractivity contribution in [2.24, 2.45) is 5.92 Å². The van der Waals surface area contributed by atoms with Crippen LogP contribution in [-0.2, 0) is 14.3 Å². The summed E-state index contributed by atoms with van der Waals surface area (Å²) < 4.78 is 19.2. The number of benzene rings is 1. The lowest BCUT2D eigenvalue weighted by Gasteiger charge is -2.40. The highest BCUT2D eigenvalue weighted by atomic mass is 19.1. The number of hydrogen-bond acceptors (Lipinski definition) is 3. The largest absolute Gasteiger partial charge is 0.481 e. The number of amides is 1. The summed E-state index contributed by atoms with van der Waals surface area (Å²) in [6.45, 7) is 1.03. The minimum absolute atomic E-state index is 0.0671. The van der Waals surface area contributed by atoms with Crippen LogP contribution in [0.5, 0.6) is 0 Å². The molecule has 0 bridgehead atoms. The predicted molar refractivity (Wildman–Crippen MR) is 80.2 cm³/mol. The summed E-state index contributed by atoms with van der Waals surface area (Å²) >= 11 is 0. The molecule has 5 nitrogen and oxygen atoms in total. The molecule has 124 valence electrons.